The van der Waals surface area contributed by atoms with Crippen LogP contribution in [0.1, 0.15) is 44.0 Å². The van der Waals surface area contributed by atoms with Crippen molar-refractivity contribution in [2.75, 3.05) is 0 Å². The lowest BCUT2D eigenvalue weighted by Crippen LogP contribution is -2.30. The van der Waals surface area contributed by atoms with Crippen molar-refractivity contribution < 1.29 is 5.11 Å². The standard InChI is InChI=1S/C25H30N2O2/c1-4-10-22-21(17-18(2)3)25(29)27(16-15-19-11-6-5-7-12-19)24(26-22)20-13-8-9-14-23(20)28/h5-9,11-14,18,28H,4,10,15-17H2,1-3H3. The van der Waals surface area contributed by atoms with Crippen molar-refractivity contribution >= 4 is 0 Å². The Bertz CT molecular complexity index is 1010. The molecule has 152 valence electrons. The predicted molar refractivity (Wildman–Crippen MR) is 118 cm³/mol. The van der Waals surface area contributed by atoms with E-state index in [2.05, 4.69) is 32.9 Å². The number of benzene rings is 2. The lowest BCUT2D eigenvalue weighted by atomic mass is 9.99. The van der Waals surface area contributed by atoms with E-state index in [4.69, 9.17) is 4.98 Å². The van der Waals surface area contributed by atoms with Gasteiger partial charge < -0.3 is 5.11 Å². The highest BCUT2D eigenvalue weighted by atomic mass is 16.3. The van der Waals surface area contributed by atoms with Crippen molar-refractivity contribution in [2.45, 2.75) is 53.0 Å². The summed E-state index contributed by atoms with van der Waals surface area (Å²) in [5, 5.41) is 10.4. The van der Waals surface area contributed by atoms with Gasteiger partial charge in [0.05, 0.1) is 11.3 Å². The lowest BCUT2D eigenvalue weighted by molar-refractivity contribution is 0.475. The van der Waals surface area contributed by atoms with Gasteiger partial charge in [0.15, 0.2) is 0 Å². The number of aromatic nitrogens is 2. The van der Waals surface area contributed by atoms with Gasteiger partial charge in [0.25, 0.3) is 5.56 Å². The third-order valence-corrected chi connectivity index (χ3v) is 5.06. The molecule has 0 saturated carbocycles. The molecule has 0 aliphatic heterocycles. The molecule has 0 amide bonds. The number of phenols is 1. The van der Waals surface area contributed by atoms with Crippen LogP contribution >= 0.6 is 0 Å². The van der Waals surface area contributed by atoms with Gasteiger partial charge in [-0.1, -0.05) is 69.7 Å². The Morgan fingerprint density at radius 3 is 2.34 bits per heavy atom. The van der Waals surface area contributed by atoms with Crippen molar-refractivity contribution in [3.63, 3.8) is 0 Å². The van der Waals surface area contributed by atoms with Crippen LogP contribution in [0.4, 0.5) is 0 Å². The molecule has 1 aromatic heterocycles. The van der Waals surface area contributed by atoms with Gasteiger partial charge in [0.1, 0.15) is 11.6 Å². The van der Waals surface area contributed by atoms with Gasteiger partial charge in [-0.25, -0.2) is 4.98 Å². The van der Waals surface area contributed by atoms with E-state index in [1.165, 1.54) is 5.56 Å². The van der Waals surface area contributed by atoms with Crippen molar-refractivity contribution in [1.82, 2.24) is 9.55 Å². The maximum absolute atomic E-state index is 13.6. The summed E-state index contributed by atoms with van der Waals surface area (Å²) < 4.78 is 1.75. The molecule has 4 heteroatoms. The highest BCUT2D eigenvalue weighted by molar-refractivity contribution is 5.64. The molecule has 3 rings (SSSR count). The number of nitrogens with zero attached hydrogens (tertiary/aromatic N) is 2. The molecular formula is C25H30N2O2. The molecule has 1 N–H and O–H groups in total. The Balaban J connectivity index is 2.15. The number of aromatic hydroxyl groups is 1. The fraction of sp³-hybridized carbons (Fsp3) is 0.360. The lowest BCUT2D eigenvalue weighted by Gasteiger charge is -2.19. The number of aryl methyl sites for hydroxylation is 2. The quantitative estimate of drug-likeness (QED) is 0.588. The van der Waals surface area contributed by atoms with Crippen LogP contribution < -0.4 is 5.56 Å². The SMILES string of the molecule is CCCc1nc(-c2ccccc2O)n(CCc2ccccc2)c(=O)c1CC(C)C. The highest BCUT2D eigenvalue weighted by Gasteiger charge is 2.19. The second-order valence-corrected chi connectivity index (χ2v) is 7.92. The minimum absolute atomic E-state index is 0.0198. The molecule has 3 aromatic rings. The third-order valence-electron chi connectivity index (χ3n) is 5.06. The fourth-order valence-corrected chi connectivity index (χ4v) is 3.66. The van der Waals surface area contributed by atoms with Gasteiger partial charge in [0, 0.05) is 12.1 Å². The second kappa shape index (κ2) is 9.55. The first kappa shape index (κ1) is 20.8. The van der Waals surface area contributed by atoms with E-state index in [1.54, 1.807) is 16.7 Å². The second-order valence-electron chi connectivity index (χ2n) is 7.92. The number of hydrogen-bond donors (Lipinski definition) is 1. The zero-order valence-corrected chi connectivity index (χ0v) is 17.6. The van der Waals surface area contributed by atoms with E-state index in [-0.39, 0.29) is 11.3 Å². The Morgan fingerprint density at radius 2 is 1.69 bits per heavy atom. The van der Waals surface area contributed by atoms with Crippen LogP contribution in [-0.4, -0.2) is 14.7 Å². The topological polar surface area (TPSA) is 55.1 Å². The van der Waals surface area contributed by atoms with E-state index < -0.39 is 0 Å². The van der Waals surface area contributed by atoms with Gasteiger partial charge in [-0.2, -0.15) is 0 Å². The van der Waals surface area contributed by atoms with Crippen molar-refractivity contribution in [1.29, 1.82) is 0 Å². The van der Waals surface area contributed by atoms with E-state index in [9.17, 15) is 9.90 Å². The summed E-state index contributed by atoms with van der Waals surface area (Å²) in [6.45, 7) is 6.87. The molecular weight excluding hydrogens is 360 g/mol. The molecule has 0 spiro atoms. The van der Waals surface area contributed by atoms with Gasteiger partial charge in [-0.3, -0.25) is 9.36 Å². The van der Waals surface area contributed by atoms with Crippen LogP contribution in [0, 0.1) is 5.92 Å². The van der Waals surface area contributed by atoms with Crippen molar-refractivity contribution in [3.8, 4) is 17.1 Å². The average Bonchev–Trinajstić information content (AvgIpc) is 2.71. The predicted octanol–water partition coefficient (Wildman–Crippen LogP) is 5.01. The molecule has 0 unspecified atom stereocenters. The molecule has 29 heavy (non-hydrogen) atoms. The molecule has 4 nitrogen and oxygen atoms in total. The van der Waals surface area contributed by atoms with Crippen LogP contribution in [0.3, 0.4) is 0 Å². The summed E-state index contributed by atoms with van der Waals surface area (Å²) in [6, 6.07) is 17.3. The zero-order chi connectivity index (χ0) is 20.8. The number of para-hydroxylation sites is 1. The molecule has 0 aliphatic rings. The van der Waals surface area contributed by atoms with Gasteiger partial charge in [0.2, 0.25) is 0 Å². The van der Waals surface area contributed by atoms with Crippen LogP contribution in [0.2, 0.25) is 0 Å². The zero-order valence-electron chi connectivity index (χ0n) is 17.6. The van der Waals surface area contributed by atoms with Crippen LogP contribution in [-0.2, 0) is 25.8 Å². The van der Waals surface area contributed by atoms with Gasteiger partial charge in [-0.05, 0) is 42.9 Å². The summed E-state index contributed by atoms with van der Waals surface area (Å²) in [4.78, 5) is 18.5. The Kier molecular flexibility index (Phi) is 6.86. The van der Waals surface area contributed by atoms with Gasteiger partial charge >= 0.3 is 0 Å². The summed E-state index contributed by atoms with van der Waals surface area (Å²) in [6.07, 6.45) is 3.13. The van der Waals surface area contributed by atoms with Gasteiger partial charge in [-0.15, -0.1) is 0 Å². The summed E-state index contributed by atoms with van der Waals surface area (Å²) in [7, 11) is 0. The van der Waals surface area contributed by atoms with E-state index >= 15 is 0 Å². The smallest absolute Gasteiger partial charge is 0.257 e. The maximum atomic E-state index is 13.6. The molecule has 2 aromatic carbocycles. The monoisotopic (exact) mass is 390 g/mol. The van der Waals surface area contributed by atoms with Crippen molar-refractivity contribution in [2.24, 2.45) is 5.92 Å². The average molecular weight is 391 g/mol. The number of phenolic OH excluding ortho intramolecular Hbond substituents is 1. The highest BCUT2D eigenvalue weighted by Crippen LogP contribution is 2.28. The minimum atomic E-state index is 0.0198. The molecule has 0 aliphatic carbocycles. The summed E-state index contributed by atoms with van der Waals surface area (Å²) >= 11 is 0. The fourth-order valence-electron chi connectivity index (χ4n) is 3.66. The molecule has 0 bridgehead atoms. The summed E-state index contributed by atoms with van der Waals surface area (Å²) in [5.41, 5.74) is 3.47. The normalized spacial score (nSPS) is 11.2. The largest absolute Gasteiger partial charge is 0.507 e. The first-order valence-electron chi connectivity index (χ1n) is 10.5. The van der Waals surface area contributed by atoms with Crippen LogP contribution in [0.25, 0.3) is 11.4 Å². The van der Waals surface area contributed by atoms with Crippen molar-refractivity contribution in [3.05, 3.63) is 81.8 Å². The Labute approximate surface area is 172 Å². The number of hydrogen-bond acceptors (Lipinski definition) is 3. The first-order valence-corrected chi connectivity index (χ1v) is 10.5. The number of rotatable bonds is 8. The van der Waals surface area contributed by atoms with E-state index in [0.717, 1.165) is 30.5 Å². The first-order chi connectivity index (χ1) is 14.0. The van der Waals surface area contributed by atoms with Crippen LogP contribution in [0.15, 0.2) is 59.4 Å². The van der Waals surface area contributed by atoms with E-state index in [1.807, 2.05) is 30.3 Å². The Hall–Kier alpha value is -2.88. The molecule has 1 heterocycles. The maximum Gasteiger partial charge on any atom is 0.257 e. The molecule has 0 atom stereocenters. The van der Waals surface area contributed by atoms with Crippen LogP contribution in [0.5, 0.6) is 5.75 Å². The Morgan fingerprint density at radius 1 is 1.00 bits per heavy atom. The van der Waals surface area contributed by atoms with E-state index in [0.29, 0.717) is 30.3 Å². The molecule has 0 fully saturated rings. The minimum Gasteiger partial charge on any atom is -0.507 e. The molecule has 0 radical (unpaired) electrons. The molecule has 0 saturated heterocycles. The third kappa shape index (κ3) is 4.94. The summed E-state index contributed by atoms with van der Waals surface area (Å²) in [5.74, 6) is 1.07.